The van der Waals surface area contributed by atoms with Crippen LogP contribution in [0.25, 0.3) is 0 Å². The van der Waals surface area contributed by atoms with Crippen LogP contribution in [0.3, 0.4) is 0 Å². The van der Waals surface area contributed by atoms with Crippen molar-refractivity contribution in [3.05, 3.63) is 52.2 Å². The van der Waals surface area contributed by atoms with Crippen molar-refractivity contribution in [1.82, 2.24) is 10.6 Å². The lowest BCUT2D eigenvalue weighted by Gasteiger charge is -2.21. The van der Waals surface area contributed by atoms with Gasteiger partial charge in [0.1, 0.15) is 12.4 Å². The Bertz CT molecular complexity index is 869. The highest BCUT2D eigenvalue weighted by Crippen LogP contribution is 2.24. The minimum Gasteiger partial charge on any atom is -0.489 e. The molecule has 0 fully saturated rings. The number of rotatable bonds is 4. The molecular formula is C20H24N4O2S2. The van der Waals surface area contributed by atoms with Crippen LogP contribution < -0.4 is 15.4 Å². The molecule has 1 unspecified atom stereocenters. The van der Waals surface area contributed by atoms with E-state index in [9.17, 15) is 4.79 Å². The Morgan fingerprint density at radius 1 is 1.25 bits per heavy atom. The summed E-state index contributed by atoms with van der Waals surface area (Å²) in [6.45, 7) is 6.82. The number of carbonyl (C=O) groups is 1. The number of thioether (sulfide) groups is 1. The van der Waals surface area contributed by atoms with E-state index in [0.717, 1.165) is 5.75 Å². The molecule has 3 rings (SSSR count). The largest absolute Gasteiger partial charge is 0.489 e. The number of aliphatic imine (C=N–C) groups is 2. The van der Waals surface area contributed by atoms with Crippen LogP contribution >= 0.6 is 23.1 Å². The fourth-order valence-electron chi connectivity index (χ4n) is 2.52. The van der Waals surface area contributed by atoms with Gasteiger partial charge in [0.25, 0.3) is 5.91 Å². The fourth-order valence-corrected chi connectivity index (χ4v) is 3.56. The molecule has 6 nitrogen and oxygen atoms in total. The average molecular weight is 417 g/mol. The van der Waals surface area contributed by atoms with E-state index in [1.54, 1.807) is 6.07 Å². The molecule has 0 aliphatic carbocycles. The molecule has 1 atom stereocenters. The Labute approximate surface area is 173 Å². The Kier molecular flexibility index (Phi) is 6.41. The third kappa shape index (κ3) is 5.36. The first kappa shape index (κ1) is 20.4. The van der Waals surface area contributed by atoms with E-state index in [2.05, 4.69) is 53.5 Å². The van der Waals surface area contributed by atoms with Crippen molar-refractivity contribution in [2.45, 2.75) is 32.4 Å². The number of hydrogen-bond acceptors (Lipinski definition) is 7. The van der Waals surface area contributed by atoms with Gasteiger partial charge in [-0.3, -0.25) is 10.1 Å². The number of thiophene rings is 1. The maximum Gasteiger partial charge on any atom is 0.268 e. The van der Waals surface area contributed by atoms with E-state index in [4.69, 9.17) is 4.74 Å². The van der Waals surface area contributed by atoms with Crippen LogP contribution in [0, 0.1) is 0 Å². The molecule has 0 spiro atoms. The van der Waals surface area contributed by atoms with Crippen molar-refractivity contribution in [3.8, 4) is 5.75 Å². The third-order valence-electron chi connectivity index (χ3n) is 4.06. The molecule has 0 radical (unpaired) electrons. The second-order valence-corrected chi connectivity index (χ2v) is 8.98. The number of ether oxygens (including phenoxy) is 1. The first-order valence-corrected chi connectivity index (χ1v) is 11.0. The summed E-state index contributed by atoms with van der Waals surface area (Å²) in [6.07, 6.45) is 1.49. The number of nitrogens with zero attached hydrogens (tertiary/aromatic N) is 2. The minimum atomic E-state index is -0.426. The van der Waals surface area contributed by atoms with Gasteiger partial charge in [-0.15, -0.1) is 11.3 Å². The molecule has 1 aliphatic heterocycles. The van der Waals surface area contributed by atoms with E-state index in [0.29, 0.717) is 22.6 Å². The van der Waals surface area contributed by atoms with Gasteiger partial charge >= 0.3 is 0 Å². The normalized spacial score (nSPS) is 16.6. The minimum absolute atomic E-state index is 0.102. The van der Waals surface area contributed by atoms with Crippen LogP contribution in [0.5, 0.6) is 5.75 Å². The highest BCUT2D eigenvalue weighted by Gasteiger charge is 2.20. The van der Waals surface area contributed by atoms with Crippen molar-refractivity contribution < 1.29 is 9.53 Å². The molecule has 1 aromatic carbocycles. The second-order valence-electron chi connectivity index (χ2n) is 7.24. The van der Waals surface area contributed by atoms with Crippen molar-refractivity contribution in [3.63, 3.8) is 0 Å². The molecule has 1 aromatic heterocycles. The van der Waals surface area contributed by atoms with Crippen molar-refractivity contribution in [2.75, 3.05) is 12.9 Å². The topological polar surface area (TPSA) is 75.1 Å². The average Bonchev–Trinajstić information content (AvgIpc) is 3.21. The van der Waals surface area contributed by atoms with Crippen LogP contribution in [0.1, 0.15) is 36.0 Å². The van der Waals surface area contributed by atoms with E-state index in [1.165, 1.54) is 28.7 Å². The second kappa shape index (κ2) is 8.79. The van der Waals surface area contributed by atoms with Gasteiger partial charge in [0.15, 0.2) is 11.3 Å². The lowest BCUT2D eigenvalue weighted by atomic mass is 9.87. The summed E-state index contributed by atoms with van der Waals surface area (Å²) < 4.78 is 5.87. The molecule has 0 bridgehead atoms. The van der Waals surface area contributed by atoms with Crippen LogP contribution in [-0.4, -0.2) is 36.1 Å². The lowest BCUT2D eigenvalue weighted by Crippen LogP contribution is -2.46. The van der Waals surface area contributed by atoms with Gasteiger partial charge in [-0.05, 0) is 40.8 Å². The lowest BCUT2D eigenvalue weighted by molar-refractivity contribution is 0.0980. The van der Waals surface area contributed by atoms with Crippen LogP contribution in [0.2, 0.25) is 0 Å². The van der Waals surface area contributed by atoms with Gasteiger partial charge in [-0.1, -0.05) is 50.7 Å². The molecule has 2 aromatic rings. The Morgan fingerprint density at radius 3 is 2.61 bits per heavy atom. The van der Waals surface area contributed by atoms with E-state index in [-0.39, 0.29) is 11.3 Å². The molecule has 2 heterocycles. The van der Waals surface area contributed by atoms with Gasteiger partial charge in [0, 0.05) is 0 Å². The summed E-state index contributed by atoms with van der Waals surface area (Å²) in [5.74, 6) is 0.960. The standard InChI is InChI=1S/C20H24N4O2S2/c1-20(2,3)13-7-9-14(10-8-13)26-12-16-21-18(24-19(22-16)27-4)23-17(25)15-6-5-11-28-15/h5-11,16H,12H2,1-4H3,(H2,21,22,23,24,25). The molecule has 8 heteroatoms. The number of guanidine groups is 1. The van der Waals surface area contributed by atoms with Crippen LogP contribution in [0.4, 0.5) is 0 Å². The molecule has 0 saturated carbocycles. The smallest absolute Gasteiger partial charge is 0.268 e. The summed E-state index contributed by atoms with van der Waals surface area (Å²) in [5.41, 5.74) is 1.35. The van der Waals surface area contributed by atoms with Crippen molar-refractivity contribution in [1.29, 1.82) is 0 Å². The predicted molar refractivity (Wildman–Crippen MR) is 118 cm³/mol. The maximum atomic E-state index is 12.3. The van der Waals surface area contributed by atoms with E-state index in [1.807, 2.05) is 29.8 Å². The van der Waals surface area contributed by atoms with Crippen molar-refractivity contribution in [2.24, 2.45) is 9.98 Å². The Morgan fingerprint density at radius 2 is 2.00 bits per heavy atom. The first-order chi connectivity index (χ1) is 13.3. The Hall–Kier alpha value is -2.32. The zero-order valence-corrected chi connectivity index (χ0v) is 18.0. The number of amidine groups is 1. The first-order valence-electron chi connectivity index (χ1n) is 8.90. The summed E-state index contributed by atoms with van der Waals surface area (Å²) in [4.78, 5) is 21.9. The van der Waals surface area contributed by atoms with Gasteiger partial charge in [0.05, 0.1) is 4.88 Å². The monoisotopic (exact) mass is 416 g/mol. The van der Waals surface area contributed by atoms with Crippen LogP contribution in [-0.2, 0) is 5.41 Å². The molecule has 148 valence electrons. The molecule has 1 amide bonds. The van der Waals surface area contributed by atoms with Gasteiger partial charge < -0.3 is 10.1 Å². The predicted octanol–water partition coefficient (Wildman–Crippen LogP) is 3.86. The molecule has 2 N–H and O–H groups in total. The highest BCUT2D eigenvalue weighted by molar-refractivity contribution is 8.13. The molecular weight excluding hydrogens is 392 g/mol. The summed E-state index contributed by atoms with van der Waals surface area (Å²) >= 11 is 2.84. The van der Waals surface area contributed by atoms with Gasteiger partial charge in [0.2, 0.25) is 5.96 Å². The van der Waals surface area contributed by atoms with E-state index >= 15 is 0 Å². The SMILES string of the molecule is CSC1=NC(COc2ccc(C(C)(C)C)cc2)N=C(NC(=O)c2cccs2)N1. The maximum absolute atomic E-state index is 12.3. The molecule has 1 aliphatic rings. The number of benzene rings is 1. The van der Waals surface area contributed by atoms with Gasteiger partial charge in [-0.25, -0.2) is 9.98 Å². The number of carbonyl (C=O) groups excluding carboxylic acids is 1. The Balaban J connectivity index is 1.64. The summed E-state index contributed by atoms with van der Waals surface area (Å²) in [5, 5.41) is 8.38. The number of nitrogens with one attached hydrogen (secondary N) is 2. The summed E-state index contributed by atoms with van der Waals surface area (Å²) in [6, 6.07) is 11.7. The van der Waals surface area contributed by atoms with Gasteiger partial charge in [-0.2, -0.15) is 0 Å². The van der Waals surface area contributed by atoms with Crippen molar-refractivity contribution >= 4 is 40.1 Å². The third-order valence-corrected chi connectivity index (χ3v) is 5.52. The molecule has 0 saturated heterocycles. The zero-order valence-electron chi connectivity index (χ0n) is 16.4. The summed E-state index contributed by atoms with van der Waals surface area (Å²) in [7, 11) is 0. The van der Waals surface area contributed by atoms with Crippen LogP contribution in [0.15, 0.2) is 51.8 Å². The number of hydrogen-bond donors (Lipinski definition) is 2. The number of amides is 1. The zero-order chi connectivity index (χ0) is 20.1. The quantitative estimate of drug-likeness (QED) is 0.794. The molecule has 28 heavy (non-hydrogen) atoms. The fraction of sp³-hybridized carbons (Fsp3) is 0.350. The highest BCUT2D eigenvalue weighted by atomic mass is 32.2. The van der Waals surface area contributed by atoms with E-state index < -0.39 is 6.17 Å².